The smallest absolute Gasteiger partial charge is 0.164 e. The van der Waals surface area contributed by atoms with Gasteiger partial charge in [-0.3, -0.25) is 0 Å². The molecule has 1 aliphatic heterocycles. The normalized spacial score (nSPS) is 11.6. The van der Waals surface area contributed by atoms with Gasteiger partial charge in [0.1, 0.15) is 6.07 Å². The molecular weight excluding hydrogens is 356 g/mol. The first-order valence-corrected chi connectivity index (χ1v) is 9.36. The van der Waals surface area contributed by atoms with Crippen molar-refractivity contribution >= 4 is 23.1 Å². The van der Waals surface area contributed by atoms with E-state index in [9.17, 15) is 5.26 Å². The Balaban J connectivity index is 1.76. The van der Waals surface area contributed by atoms with Crippen molar-refractivity contribution in [3.05, 3.63) is 71.3 Å². The summed E-state index contributed by atoms with van der Waals surface area (Å²) in [7, 11) is 3.26. The highest BCUT2D eigenvalue weighted by Gasteiger charge is 2.21. The Hall–Kier alpha value is -3.10. The minimum absolute atomic E-state index is 0.588. The molecule has 0 atom stereocenters. The Morgan fingerprint density at radius 2 is 1.78 bits per heavy atom. The molecule has 1 aliphatic rings. The molecule has 3 aromatic rings. The molecule has 4 nitrogen and oxygen atoms in total. The molecular formula is C22H18N2O2S. The zero-order valence-corrected chi connectivity index (χ0v) is 15.9. The van der Waals surface area contributed by atoms with E-state index in [1.165, 1.54) is 0 Å². The second-order valence-electron chi connectivity index (χ2n) is 6.14. The number of rotatable bonds is 4. The van der Waals surface area contributed by atoms with Gasteiger partial charge < -0.3 is 14.8 Å². The molecule has 4 rings (SSSR count). The molecule has 5 heteroatoms. The van der Waals surface area contributed by atoms with Gasteiger partial charge in [-0.1, -0.05) is 42.1 Å². The molecule has 0 saturated carbocycles. The van der Waals surface area contributed by atoms with Crippen LogP contribution < -0.4 is 14.8 Å². The second-order valence-corrected chi connectivity index (χ2v) is 7.22. The first-order chi connectivity index (χ1) is 13.2. The molecule has 27 heavy (non-hydrogen) atoms. The van der Waals surface area contributed by atoms with Crippen LogP contribution in [0.1, 0.15) is 16.7 Å². The lowest BCUT2D eigenvalue weighted by atomic mass is 9.97. The standard InChI is InChI=1S/C22H18N2O2S/c1-25-18-8-5-6-15(22(18)26-2)12-14-10-11-20-21(16(14)13-23)24-17-7-3-4-9-19(17)27-20/h3-11,24H,12H2,1-2H3. The van der Waals surface area contributed by atoms with Crippen molar-refractivity contribution in [1.29, 1.82) is 5.26 Å². The molecule has 0 spiro atoms. The van der Waals surface area contributed by atoms with E-state index in [1.807, 2.05) is 42.5 Å². The molecule has 0 aromatic heterocycles. The van der Waals surface area contributed by atoms with Gasteiger partial charge >= 0.3 is 0 Å². The third kappa shape index (κ3) is 3.09. The zero-order valence-electron chi connectivity index (χ0n) is 15.1. The van der Waals surface area contributed by atoms with Crippen molar-refractivity contribution in [1.82, 2.24) is 0 Å². The van der Waals surface area contributed by atoms with E-state index < -0.39 is 0 Å². The van der Waals surface area contributed by atoms with Crippen LogP contribution in [0.2, 0.25) is 0 Å². The molecule has 134 valence electrons. The maximum Gasteiger partial charge on any atom is 0.164 e. The highest BCUT2D eigenvalue weighted by molar-refractivity contribution is 7.99. The summed E-state index contributed by atoms with van der Waals surface area (Å²) in [6.45, 7) is 0. The van der Waals surface area contributed by atoms with Crippen LogP contribution in [0.15, 0.2) is 64.4 Å². The Morgan fingerprint density at radius 1 is 0.926 bits per heavy atom. The van der Waals surface area contributed by atoms with E-state index in [0.717, 1.165) is 32.3 Å². The van der Waals surface area contributed by atoms with Crippen LogP contribution >= 0.6 is 11.8 Å². The van der Waals surface area contributed by atoms with Gasteiger partial charge in [-0.2, -0.15) is 5.26 Å². The van der Waals surface area contributed by atoms with Gasteiger partial charge in [-0.25, -0.2) is 0 Å². The van der Waals surface area contributed by atoms with Gasteiger partial charge in [0.2, 0.25) is 0 Å². The quantitative estimate of drug-likeness (QED) is 0.520. The van der Waals surface area contributed by atoms with Crippen molar-refractivity contribution < 1.29 is 9.47 Å². The van der Waals surface area contributed by atoms with Crippen molar-refractivity contribution in [2.45, 2.75) is 16.2 Å². The average Bonchev–Trinajstić information content (AvgIpc) is 2.72. The predicted molar refractivity (Wildman–Crippen MR) is 107 cm³/mol. The van der Waals surface area contributed by atoms with Gasteiger partial charge in [0.05, 0.1) is 31.2 Å². The summed E-state index contributed by atoms with van der Waals surface area (Å²) in [5.41, 5.74) is 4.51. The van der Waals surface area contributed by atoms with Crippen molar-refractivity contribution in [3.63, 3.8) is 0 Å². The molecule has 0 aliphatic carbocycles. The van der Waals surface area contributed by atoms with Crippen LogP contribution in [0.5, 0.6) is 11.5 Å². The van der Waals surface area contributed by atoms with Crippen LogP contribution in [-0.2, 0) is 6.42 Å². The summed E-state index contributed by atoms with van der Waals surface area (Å²) in [5, 5.41) is 13.3. The Kier molecular flexibility index (Phi) is 4.66. The van der Waals surface area contributed by atoms with Gasteiger partial charge in [0.15, 0.2) is 11.5 Å². The lowest BCUT2D eigenvalue weighted by Gasteiger charge is -2.23. The van der Waals surface area contributed by atoms with Gasteiger partial charge in [0.25, 0.3) is 0 Å². The first-order valence-electron chi connectivity index (χ1n) is 8.55. The fourth-order valence-corrected chi connectivity index (χ4v) is 4.32. The summed E-state index contributed by atoms with van der Waals surface area (Å²) in [6, 6.07) is 20.4. The third-order valence-electron chi connectivity index (χ3n) is 4.60. The first kappa shape index (κ1) is 17.3. The molecule has 3 aromatic carbocycles. The number of hydrogen-bond acceptors (Lipinski definition) is 5. The van der Waals surface area contributed by atoms with Gasteiger partial charge in [-0.05, 0) is 29.8 Å². The number of fused-ring (bicyclic) bond motifs is 2. The Labute approximate surface area is 162 Å². The monoisotopic (exact) mass is 374 g/mol. The van der Waals surface area contributed by atoms with Crippen LogP contribution in [0.3, 0.4) is 0 Å². The summed E-state index contributed by atoms with van der Waals surface area (Å²) in [4.78, 5) is 2.22. The lowest BCUT2D eigenvalue weighted by Crippen LogP contribution is -2.05. The fraction of sp³-hybridized carbons (Fsp3) is 0.136. The van der Waals surface area contributed by atoms with Gasteiger partial charge in [0, 0.05) is 21.8 Å². The highest BCUT2D eigenvalue weighted by atomic mass is 32.2. The lowest BCUT2D eigenvalue weighted by molar-refractivity contribution is 0.352. The van der Waals surface area contributed by atoms with Gasteiger partial charge in [-0.15, -0.1) is 0 Å². The van der Waals surface area contributed by atoms with Crippen molar-refractivity contribution in [2.75, 3.05) is 19.5 Å². The molecule has 1 N–H and O–H groups in total. The molecule has 0 radical (unpaired) electrons. The van der Waals surface area contributed by atoms with Crippen molar-refractivity contribution in [3.8, 4) is 17.6 Å². The van der Waals surface area contributed by atoms with Crippen LogP contribution in [0.25, 0.3) is 0 Å². The van der Waals surface area contributed by atoms with Crippen LogP contribution in [-0.4, -0.2) is 14.2 Å². The van der Waals surface area contributed by atoms with E-state index in [1.54, 1.807) is 26.0 Å². The summed E-state index contributed by atoms with van der Waals surface area (Å²) < 4.78 is 10.9. The number of nitrogens with one attached hydrogen (secondary N) is 1. The number of benzene rings is 3. The van der Waals surface area contributed by atoms with E-state index >= 15 is 0 Å². The Bertz CT molecular complexity index is 1060. The molecule has 0 unspecified atom stereocenters. The largest absolute Gasteiger partial charge is 0.493 e. The Morgan fingerprint density at radius 3 is 2.56 bits per heavy atom. The van der Waals surface area contributed by atoms with E-state index in [2.05, 4.69) is 23.5 Å². The maximum absolute atomic E-state index is 9.87. The summed E-state index contributed by atoms with van der Waals surface area (Å²) in [6.07, 6.45) is 0.588. The topological polar surface area (TPSA) is 54.3 Å². The van der Waals surface area contributed by atoms with E-state index in [0.29, 0.717) is 23.5 Å². The van der Waals surface area contributed by atoms with Crippen LogP contribution in [0, 0.1) is 11.3 Å². The number of hydrogen-bond donors (Lipinski definition) is 1. The number of ether oxygens (including phenoxy) is 2. The zero-order chi connectivity index (χ0) is 18.8. The number of nitrogens with zero attached hydrogens (tertiary/aromatic N) is 1. The number of methoxy groups -OCH3 is 2. The highest BCUT2D eigenvalue weighted by Crippen LogP contribution is 2.46. The molecule has 0 bridgehead atoms. The SMILES string of the molecule is COc1cccc(Cc2ccc3c(c2C#N)Nc2ccccc2S3)c1OC. The number of nitriles is 1. The number of para-hydroxylation sites is 2. The predicted octanol–water partition coefficient (Wildman–Crippen LogP) is 5.37. The van der Waals surface area contributed by atoms with Crippen LogP contribution in [0.4, 0.5) is 11.4 Å². The fourth-order valence-electron chi connectivity index (χ4n) is 3.32. The molecule has 1 heterocycles. The molecule has 0 saturated heterocycles. The minimum Gasteiger partial charge on any atom is -0.493 e. The number of anilines is 2. The summed E-state index contributed by atoms with van der Waals surface area (Å²) >= 11 is 1.68. The minimum atomic E-state index is 0.588. The third-order valence-corrected chi connectivity index (χ3v) is 5.73. The summed E-state index contributed by atoms with van der Waals surface area (Å²) in [5.74, 6) is 1.39. The molecule has 0 amide bonds. The average molecular weight is 374 g/mol. The van der Waals surface area contributed by atoms with Crippen molar-refractivity contribution in [2.24, 2.45) is 0 Å². The van der Waals surface area contributed by atoms with E-state index in [-0.39, 0.29) is 0 Å². The second kappa shape index (κ2) is 7.26. The van der Waals surface area contributed by atoms with E-state index in [4.69, 9.17) is 9.47 Å². The molecule has 0 fully saturated rings. The maximum atomic E-state index is 9.87.